The summed E-state index contributed by atoms with van der Waals surface area (Å²) in [6.45, 7) is 18.9. The van der Waals surface area contributed by atoms with E-state index in [1.807, 2.05) is 0 Å². The Morgan fingerprint density at radius 3 is 2.32 bits per heavy atom. The lowest BCUT2D eigenvalue weighted by atomic mass is 9.78. The lowest BCUT2D eigenvalue weighted by molar-refractivity contribution is -0.143. The molecule has 0 saturated carbocycles. The summed E-state index contributed by atoms with van der Waals surface area (Å²) >= 11 is 0. The van der Waals surface area contributed by atoms with Crippen molar-refractivity contribution in [2.45, 2.75) is 84.0 Å². The molecule has 0 radical (unpaired) electrons. The van der Waals surface area contributed by atoms with Crippen LogP contribution in [0.4, 0.5) is 0 Å². The molecule has 6 heteroatoms. The van der Waals surface area contributed by atoms with Crippen molar-refractivity contribution in [1.29, 1.82) is 0 Å². The molecule has 5 nitrogen and oxygen atoms in total. The van der Waals surface area contributed by atoms with Gasteiger partial charge in [0.1, 0.15) is 6.23 Å². The maximum atomic E-state index is 6.55. The third-order valence-electron chi connectivity index (χ3n) is 7.06. The minimum absolute atomic E-state index is 0.0684. The van der Waals surface area contributed by atoms with Gasteiger partial charge in [-0.05, 0) is 59.5 Å². The third-order valence-corrected chi connectivity index (χ3v) is 7.06. The average molecular weight is 426 g/mol. The number of nitrogens with zero attached hydrogens (tertiary/aromatic N) is 2. The lowest BCUT2D eigenvalue weighted by Crippen LogP contribution is -2.55. The lowest BCUT2D eigenvalue weighted by Gasteiger charge is -2.43. The third kappa shape index (κ3) is 5.09. The number of rotatable bonds is 5. The highest BCUT2D eigenvalue weighted by Crippen LogP contribution is 2.40. The van der Waals surface area contributed by atoms with E-state index >= 15 is 0 Å². The van der Waals surface area contributed by atoms with Crippen molar-refractivity contribution in [3.05, 3.63) is 47.4 Å². The molecule has 1 aromatic carbocycles. The van der Waals surface area contributed by atoms with E-state index in [4.69, 9.17) is 14.0 Å². The Morgan fingerprint density at radius 2 is 1.71 bits per heavy atom. The molecule has 4 rings (SSSR count). The Morgan fingerprint density at radius 1 is 1.06 bits per heavy atom. The minimum atomic E-state index is -0.297. The summed E-state index contributed by atoms with van der Waals surface area (Å²) in [5.41, 5.74) is 1.81. The molecule has 0 amide bonds. The van der Waals surface area contributed by atoms with Crippen molar-refractivity contribution in [2.24, 2.45) is 0 Å². The van der Waals surface area contributed by atoms with Crippen molar-refractivity contribution in [3.63, 3.8) is 0 Å². The van der Waals surface area contributed by atoms with Crippen molar-refractivity contribution in [2.75, 3.05) is 26.2 Å². The molecule has 1 aromatic rings. The normalized spacial score (nSPS) is 27.3. The second-order valence-corrected chi connectivity index (χ2v) is 11.2. The molecule has 2 saturated heterocycles. The smallest absolute Gasteiger partial charge is 0.400 e. The number of benzene rings is 1. The van der Waals surface area contributed by atoms with Gasteiger partial charge in [-0.1, -0.05) is 36.4 Å². The van der Waals surface area contributed by atoms with Crippen LogP contribution in [0.2, 0.25) is 0 Å². The molecule has 2 fully saturated rings. The maximum Gasteiger partial charge on any atom is 0.491 e. The Balaban J connectivity index is 1.46. The molecule has 0 spiro atoms. The first kappa shape index (κ1) is 23.0. The molecular weight excluding hydrogens is 387 g/mol. The number of hydrogen-bond acceptors (Lipinski definition) is 5. The monoisotopic (exact) mass is 426 g/mol. The second-order valence-electron chi connectivity index (χ2n) is 11.2. The first-order valence-corrected chi connectivity index (χ1v) is 11.7. The van der Waals surface area contributed by atoms with Crippen LogP contribution >= 0.6 is 0 Å². The molecule has 2 atom stereocenters. The molecule has 1 unspecified atom stereocenters. The molecule has 0 N–H and O–H groups in total. The highest BCUT2D eigenvalue weighted by molar-refractivity contribution is 6.55. The Kier molecular flexibility index (Phi) is 6.16. The van der Waals surface area contributed by atoms with E-state index < -0.39 is 0 Å². The van der Waals surface area contributed by atoms with Crippen LogP contribution in [0.5, 0.6) is 0 Å². The molecule has 0 aromatic heterocycles. The van der Waals surface area contributed by atoms with Gasteiger partial charge in [-0.25, -0.2) is 0 Å². The van der Waals surface area contributed by atoms with Crippen LogP contribution in [0.1, 0.15) is 54.0 Å². The fourth-order valence-electron chi connectivity index (χ4n) is 4.64. The van der Waals surface area contributed by atoms with Gasteiger partial charge in [-0.15, -0.1) is 0 Å². The molecule has 0 aliphatic carbocycles. The van der Waals surface area contributed by atoms with E-state index in [-0.39, 0.29) is 30.1 Å². The zero-order valence-electron chi connectivity index (χ0n) is 20.4. The summed E-state index contributed by atoms with van der Waals surface area (Å²) in [4.78, 5) is 5.07. The quantitative estimate of drug-likeness (QED) is 0.667. The van der Waals surface area contributed by atoms with Gasteiger partial charge in [0.25, 0.3) is 0 Å². The van der Waals surface area contributed by atoms with Crippen LogP contribution in [-0.4, -0.2) is 72.2 Å². The van der Waals surface area contributed by atoms with Gasteiger partial charge in [0, 0.05) is 38.6 Å². The Bertz CT molecular complexity index is 787. The van der Waals surface area contributed by atoms with Gasteiger partial charge in [0.15, 0.2) is 0 Å². The molecule has 3 aliphatic heterocycles. The number of piperazine rings is 1. The maximum absolute atomic E-state index is 6.55. The molecule has 170 valence electrons. The number of hydrogen-bond donors (Lipinski definition) is 0. The fraction of sp³-hybridized carbons (Fsp3) is 0.680. The van der Waals surface area contributed by atoms with Gasteiger partial charge < -0.3 is 14.0 Å². The summed E-state index contributed by atoms with van der Waals surface area (Å²) in [5, 5.41) is 0. The largest absolute Gasteiger partial charge is 0.491 e. The Labute approximate surface area is 188 Å². The first-order valence-electron chi connectivity index (χ1n) is 11.7. The summed E-state index contributed by atoms with van der Waals surface area (Å²) in [5.74, 6) is 0. The zero-order chi connectivity index (χ0) is 22.4. The van der Waals surface area contributed by atoms with Crippen molar-refractivity contribution >= 4 is 7.12 Å². The molecule has 3 heterocycles. The molecule has 0 bridgehead atoms. The van der Waals surface area contributed by atoms with E-state index in [9.17, 15) is 0 Å². The van der Waals surface area contributed by atoms with Gasteiger partial charge >= 0.3 is 7.12 Å². The van der Waals surface area contributed by atoms with Crippen LogP contribution in [0, 0.1) is 0 Å². The van der Waals surface area contributed by atoms with Crippen LogP contribution < -0.4 is 0 Å². The standard InChI is InChI=1S/C25H39BN2O3/c1-23(2,3)29-22(15-19-11-9-8-10-12-19)28-14-13-27-17-20(16-21(27)18-28)26-30-24(4,5)25(6,7)31-26/h8-12,16,21-22H,13-15,17-18H2,1-7H3/t21?,22-/m1/s1. The van der Waals surface area contributed by atoms with E-state index in [1.165, 1.54) is 11.0 Å². The van der Waals surface area contributed by atoms with Gasteiger partial charge in [-0.2, -0.15) is 0 Å². The second kappa shape index (κ2) is 8.31. The predicted molar refractivity (Wildman–Crippen MR) is 126 cm³/mol. The topological polar surface area (TPSA) is 34.2 Å². The summed E-state index contributed by atoms with van der Waals surface area (Å²) in [7, 11) is -0.241. The van der Waals surface area contributed by atoms with Gasteiger partial charge in [0.05, 0.1) is 16.8 Å². The summed E-state index contributed by atoms with van der Waals surface area (Å²) in [6, 6.07) is 11.1. The number of ether oxygens (including phenoxy) is 1. The predicted octanol–water partition coefficient (Wildman–Crippen LogP) is 3.93. The van der Waals surface area contributed by atoms with E-state index in [0.717, 1.165) is 32.6 Å². The fourth-order valence-corrected chi connectivity index (χ4v) is 4.64. The SMILES string of the molecule is CC(C)(C)O[C@H](Cc1ccccc1)N1CCN2CC(B3OC(C)(C)C(C)(C)O3)=CC2C1. The highest BCUT2D eigenvalue weighted by Gasteiger charge is 2.53. The van der Waals surface area contributed by atoms with Gasteiger partial charge in [0.2, 0.25) is 0 Å². The minimum Gasteiger partial charge on any atom is -0.400 e. The van der Waals surface area contributed by atoms with E-state index in [0.29, 0.717) is 6.04 Å². The first-order chi connectivity index (χ1) is 14.4. The zero-order valence-corrected chi connectivity index (χ0v) is 20.4. The highest BCUT2D eigenvalue weighted by atomic mass is 16.7. The van der Waals surface area contributed by atoms with Crippen LogP contribution in [0.3, 0.4) is 0 Å². The van der Waals surface area contributed by atoms with Crippen LogP contribution in [0.25, 0.3) is 0 Å². The summed E-state index contributed by atoms with van der Waals surface area (Å²) in [6.07, 6.45) is 3.35. The number of fused-ring (bicyclic) bond motifs is 1. The van der Waals surface area contributed by atoms with Crippen molar-refractivity contribution in [1.82, 2.24) is 9.80 Å². The average Bonchev–Trinajstić information content (AvgIpc) is 3.18. The molecular formula is C25H39BN2O3. The van der Waals surface area contributed by atoms with Crippen LogP contribution in [-0.2, 0) is 20.5 Å². The van der Waals surface area contributed by atoms with Gasteiger partial charge in [-0.3, -0.25) is 9.80 Å². The van der Waals surface area contributed by atoms with Crippen molar-refractivity contribution in [3.8, 4) is 0 Å². The Hall–Kier alpha value is -1.18. The van der Waals surface area contributed by atoms with E-state index in [1.54, 1.807) is 0 Å². The molecule has 3 aliphatic rings. The molecule has 31 heavy (non-hydrogen) atoms. The summed E-state index contributed by atoms with van der Waals surface area (Å²) < 4.78 is 19.2. The van der Waals surface area contributed by atoms with Crippen LogP contribution in [0.15, 0.2) is 41.9 Å². The van der Waals surface area contributed by atoms with E-state index in [2.05, 4.69) is 94.7 Å². The van der Waals surface area contributed by atoms with Crippen molar-refractivity contribution < 1.29 is 14.0 Å².